The molecule has 150 valence electrons. The van der Waals surface area contributed by atoms with Gasteiger partial charge in [-0.15, -0.1) is 0 Å². The molecule has 1 heterocycles. The molecule has 0 aromatic heterocycles. The Kier molecular flexibility index (Phi) is 4.97. The molecule has 0 bridgehead atoms. The van der Waals surface area contributed by atoms with Gasteiger partial charge in [0.2, 0.25) is 0 Å². The third kappa shape index (κ3) is 3.46. The molecule has 0 spiro atoms. The van der Waals surface area contributed by atoms with E-state index in [1.54, 1.807) is 0 Å². The Labute approximate surface area is 176 Å². The number of hydrogen-bond acceptors (Lipinski definition) is 2. The predicted molar refractivity (Wildman–Crippen MR) is 122 cm³/mol. The van der Waals surface area contributed by atoms with Crippen molar-refractivity contribution in [3.8, 4) is 0 Å². The van der Waals surface area contributed by atoms with Crippen LogP contribution in [0.4, 0.5) is 0 Å². The van der Waals surface area contributed by atoms with Crippen LogP contribution in [0.15, 0.2) is 84.9 Å². The van der Waals surface area contributed by atoms with Crippen LogP contribution >= 0.6 is 0 Å². The van der Waals surface area contributed by atoms with Crippen LogP contribution in [-0.2, 0) is 4.79 Å². The number of carboxylic acids is 1. The molecule has 30 heavy (non-hydrogen) atoms. The van der Waals surface area contributed by atoms with Crippen molar-refractivity contribution < 1.29 is 9.90 Å². The first-order chi connectivity index (χ1) is 14.7. The number of fused-ring (bicyclic) bond motifs is 2. The SMILES string of the molecule is O=C(O)C1CCCN(C(c2ccc3ccccc3c2)c2cccc3ccccc23)C1. The highest BCUT2D eigenvalue weighted by molar-refractivity contribution is 5.87. The lowest BCUT2D eigenvalue weighted by Gasteiger charge is -2.38. The second-order valence-electron chi connectivity index (χ2n) is 8.25. The normalized spacial score (nSPS) is 18.5. The highest BCUT2D eigenvalue weighted by atomic mass is 16.4. The topological polar surface area (TPSA) is 40.5 Å². The van der Waals surface area contributed by atoms with E-state index in [9.17, 15) is 9.90 Å². The first kappa shape index (κ1) is 18.8. The van der Waals surface area contributed by atoms with E-state index < -0.39 is 5.97 Å². The minimum Gasteiger partial charge on any atom is -0.481 e. The molecular formula is C27H25NO2. The van der Waals surface area contributed by atoms with E-state index in [-0.39, 0.29) is 12.0 Å². The molecular weight excluding hydrogens is 370 g/mol. The maximum Gasteiger partial charge on any atom is 0.307 e. The van der Waals surface area contributed by atoms with Crippen molar-refractivity contribution >= 4 is 27.5 Å². The van der Waals surface area contributed by atoms with Crippen molar-refractivity contribution in [2.24, 2.45) is 5.92 Å². The summed E-state index contributed by atoms with van der Waals surface area (Å²) in [5.41, 5.74) is 2.46. The smallest absolute Gasteiger partial charge is 0.307 e. The zero-order valence-corrected chi connectivity index (χ0v) is 16.9. The van der Waals surface area contributed by atoms with Gasteiger partial charge in [0.25, 0.3) is 0 Å². The molecule has 4 aromatic rings. The Morgan fingerprint density at radius 2 is 1.60 bits per heavy atom. The number of carboxylic acid groups (broad SMARTS) is 1. The van der Waals surface area contributed by atoms with E-state index in [2.05, 4.69) is 89.8 Å². The van der Waals surface area contributed by atoms with E-state index in [1.807, 2.05) is 0 Å². The van der Waals surface area contributed by atoms with Crippen molar-refractivity contribution in [2.75, 3.05) is 13.1 Å². The van der Waals surface area contributed by atoms with Crippen molar-refractivity contribution in [2.45, 2.75) is 18.9 Å². The maximum atomic E-state index is 11.8. The van der Waals surface area contributed by atoms with Gasteiger partial charge in [-0.25, -0.2) is 0 Å². The first-order valence-electron chi connectivity index (χ1n) is 10.6. The van der Waals surface area contributed by atoms with Gasteiger partial charge in [0.15, 0.2) is 0 Å². The Hall–Kier alpha value is -3.17. The fourth-order valence-electron chi connectivity index (χ4n) is 4.90. The molecule has 0 amide bonds. The highest BCUT2D eigenvalue weighted by Crippen LogP contribution is 2.37. The second-order valence-corrected chi connectivity index (χ2v) is 8.25. The molecule has 2 unspecified atom stereocenters. The molecule has 1 aliphatic rings. The molecule has 0 radical (unpaired) electrons. The summed E-state index contributed by atoms with van der Waals surface area (Å²) in [5.74, 6) is -0.994. The molecule has 3 nitrogen and oxygen atoms in total. The molecule has 1 aliphatic heterocycles. The number of rotatable bonds is 4. The highest BCUT2D eigenvalue weighted by Gasteiger charge is 2.32. The Morgan fingerprint density at radius 1 is 0.867 bits per heavy atom. The van der Waals surface area contributed by atoms with E-state index in [0.717, 1.165) is 19.4 Å². The van der Waals surface area contributed by atoms with Crippen molar-refractivity contribution in [3.05, 3.63) is 96.1 Å². The fraction of sp³-hybridized carbons (Fsp3) is 0.222. The summed E-state index contributed by atoms with van der Waals surface area (Å²) in [5, 5.41) is 14.5. The Morgan fingerprint density at radius 3 is 2.43 bits per heavy atom. The maximum absolute atomic E-state index is 11.8. The monoisotopic (exact) mass is 395 g/mol. The molecule has 0 saturated carbocycles. The summed E-state index contributed by atoms with van der Waals surface area (Å²) in [4.78, 5) is 14.1. The van der Waals surface area contributed by atoms with Crippen LogP contribution < -0.4 is 0 Å². The zero-order valence-electron chi connectivity index (χ0n) is 16.9. The van der Waals surface area contributed by atoms with E-state index in [0.29, 0.717) is 6.54 Å². The van der Waals surface area contributed by atoms with E-state index >= 15 is 0 Å². The van der Waals surface area contributed by atoms with Gasteiger partial charge >= 0.3 is 5.97 Å². The summed E-state index contributed by atoms with van der Waals surface area (Å²) in [6, 6.07) is 30.0. The van der Waals surface area contributed by atoms with Crippen LogP contribution in [0.25, 0.3) is 21.5 Å². The number of nitrogens with zero attached hydrogens (tertiary/aromatic N) is 1. The molecule has 3 heteroatoms. The zero-order chi connectivity index (χ0) is 20.5. The predicted octanol–water partition coefficient (Wildman–Crippen LogP) is 5.88. The largest absolute Gasteiger partial charge is 0.481 e. The van der Waals surface area contributed by atoms with Crippen LogP contribution in [0.1, 0.15) is 30.0 Å². The van der Waals surface area contributed by atoms with Gasteiger partial charge in [0.05, 0.1) is 12.0 Å². The summed E-state index contributed by atoms with van der Waals surface area (Å²) in [7, 11) is 0. The van der Waals surface area contributed by atoms with Crippen LogP contribution in [0.3, 0.4) is 0 Å². The van der Waals surface area contributed by atoms with Crippen LogP contribution in [0, 0.1) is 5.92 Å². The average Bonchev–Trinajstić information content (AvgIpc) is 2.79. The third-order valence-corrected chi connectivity index (χ3v) is 6.37. The lowest BCUT2D eigenvalue weighted by Crippen LogP contribution is -2.41. The van der Waals surface area contributed by atoms with Gasteiger partial charge in [0.1, 0.15) is 0 Å². The van der Waals surface area contributed by atoms with Crippen molar-refractivity contribution in [1.82, 2.24) is 4.90 Å². The molecule has 5 rings (SSSR count). The number of hydrogen-bond donors (Lipinski definition) is 1. The fourth-order valence-corrected chi connectivity index (χ4v) is 4.90. The molecule has 1 saturated heterocycles. The van der Waals surface area contributed by atoms with Gasteiger partial charge in [-0.05, 0) is 58.1 Å². The molecule has 2 atom stereocenters. The van der Waals surface area contributed by atoms with Crippen LogP contribution in [0.2, 0.25) is 0 Å². The van der Waals surface area contributed by atoms with Crippen LogP contribution in [-0.4, -0.2) is 29.1 Å². The summed E-state index contributed by atoms with van der Waals surface area (Å²) < 4.78 is 0. The summed E-state index contributed by atoms with van der Waals surface area (Å²) in [6.07, 6.45) is 1.66. The average molecular weight is 396 g/mol. The van der Waals surface area contributed by atoms with Gasteiger partial charge in [0, 0.05) is 6.54 Å². The first-order valence-corrected chi connectivity index (χ1v) is 10.6. The molecule has 4 aromatic carbocycles. The lowest BCUT2D eigenvalue weighted by molar-refractivity contribution is -0.143. The number of benzene rings is 4. The minimum atomic E-state index is -0.685. The Bertz CT molecular complexity index is 1210. The van der Waals surface area contributed by atoms with Crippen molar-refractivity contribution in [1.29, 1.82) is 0 Å². The van der Waals surface area contributed by atoms with E-state index in [4.69, 9.17) is 0 Å². The number of aliphatic carboxylic acids is 1. The number of carbonyl (C=O) groups is 1. The summed E-state index contributed by atoms with van der Waals surface area (Å²) in [6.45, 7) is 1.49. The van der Waals surface area contributed by atoms with Crippen LogP contribution in [0.5, 0.6) is 0 Å². The lowest BCUT2D eigenvalue weighted by atomic mass is 9.88. The standard InChI is InChI=1S/C27H25NO2/c29-27(30)23-11-6-16-28(18-23)26(22-15-14-19-7-1-2-9-21(19)17-22)25-13-5-10-20-8-3-4-12-24(20)25/h1-5,7-10,12-15,17,23,26H,6,11,16,18H2,(H,29,30). The molecule has 1 fully saturated rings. The Balaban J connectivity index is 1.67. The van der Waals surface area contributed by atoms with Gasteiger partial charge in [-0.3, -0.25) is 9.69 Å². The minimum absolute atomic E-state index is 0.0304. The molecule has 0 aliphatic carbocycles. The van der Waals surface area contributed by atoms with Crippen molar-refractivity contribution in [3.63, 3.8) is 0 Å². The number of piperidine rings is 1. The van der Waals surface area contributed by atoms with Gasteiger partial charge < -0.3 is 5.11 Å². The quantitative estimate of drug-likeness (QED) is 0.469. The van der Waals surface area contributed by atoms with E-state index in [1.165, 1.54) is 32.7 Å². The number of likely N-dealkylation sites (tertiary alicyclic amines) is 1. The molecule has 1 N–H and O–H groups in total. The summed E-state index contributed by atoms with van der Waals surface area (Å²) >= 11 is 0. The second kappa shape index (κ2) is 7.92. The third-order valence-electron chi connectivity index (χ3n) is 6.37. The van der Waals surface area contributed by atoms with Gasteiger partial charge in [-0.1, -0.05) is 78.9 Å². The van der Waals surface area contributed by atoms with Gasteiger partial charge in [-0.2, -0.15) is 0 Å².